The number of phenols is 1. The van der Waals surface area contributed by atoms with Gasteiger partial charge in [0.15, 0.2) is 0 Å². The van der Waals surface area contributed by atoms with Crippen LogP contribution in [0, 0.1) is 10.1 Å². The van der Waals surface area contributed by atoms with Gasteiger partial charge in [-0.15, -0.1) is 0 Å². The maximum absolute atomic E-state index is 11.8. The second-order valence-electron chi connectivity index (χ2n) is 4.18. The van der Waals surface area contributed by atoms with Crippen LogP contribution in [0.1, 0.15) is 17.3 Å². The number of phenolic OH excluding ortho intramolecular Hbond substituents is 1. The van der Waals surface area contributed by atoms with Crippen LogP contribution in [-0.2, 0) is 6.54 Å². The number of benzene rings is 1. The third-order valence-electron chi connectivity index (χ3n) is 2.47. The van der Waals surface area contributed by atoms with Gasteiger partial charge in [-0.1, -0.05) is 16.9 Å². The highest BCUT2D eigenvalue weighted by Crippen LogP contribution is 2.14. The van der Waals surface area contributed by atoms with Crippen molar-refractivity contribution in [2.24, 2.45) is 5.10 Å². The first-order valence-corrected chi connectivity index (χ1v) is 6.01. The Morgan fingerprint density at radius 2 is 2.23 bits per heavy atom. The second-order valence-corrected chi connectivity index (χ2v) is 4.18. The quantitative estimate of drug-likeness (QED) is 0.451. The number of nitrogens with one attached hydrogen (secondary N) is 1. The van der Waals surface area contributed by atoms with Crippen molar-refractivity contribution in [2.45, 2.75) is 13.5 Å². The summed E-state index contributed by atoms with van der Waals surface area (Å²) in [4.78, 5) is 22.4. The summed E-state index contributed by atoms with van der Waals surface area (Å²) in [5.74, 6) is -1.37. The molecule has 0 saturated heterocycles. The number of carbonyl (C=O) groups excluding carboxylic acids is 1. The van der Waals surface area contributed by atoms with Crippen molar-refractivity contribution in [1.82, 2.24) is 25.6 Å². The molecule has 11 heteroatoms. The first-order chi connectivity index (χ1) is 10.5. The van der Waals surface area contributed by atoms with Gasteiger partial charge in [0.25, 0.3) is 5.91 Å². The molecule has 0 saturated carbocycles. The second kappa shape index (κ2) is 6.39. The van der Waals surface area contributed by atoms with Crippen LogP contribution in [-0.4, -0.2) is 41.9 Å². The highest BCUT2D eigenvalue weighted by molar-refractivity contribution is 5.97. The first kappa shape index (κ1) is 15.0. The summed E-state index contributed by atoms with van der Waals surface area (Å²) in [7, 11) is 0. The van der Waals surface area contributed by atoms with E-state index in [9.17, 15) is 20.0 Å². The molecule has 0 fully saturated rings. The topological polar surface area (TPSA) is 148 Å². The van der Waals surface area contributed by atoms with E-state index in [0.29, 0.717) is 5.71 Å². The van der Waals surface area contributed by atoms with Gasteiger partial charge < -0.3 is 15.2 Å². The maximum atomic E-state index is 11.8. The SMILES string of the molecule is C/C(Cn1nnc([N+](=O)[O-])n1)=N/NC(=O)c1ccccc1O. The monoisotopic (exact) mass is 305 g/mol. The van der Waals surface area contributed by atoms with Gasteiger partial charge in [-0.2, -0.15) is 5.10 Å². The molecule has 114 valence electrons. The lowest BCUT2D eigenvalue weighted by molar-refractivity contribution is -0.394. The Kier molecular flexibility index (Phi) is 4.36. The van der Waals surface area contributed by atoms with Gasteiger partial charge in [0.05, 0.1) is 21.5 Å². The van der Waals surface area contributed by atoms with Crippen LogP contribution in [0.2, 0.25) is 0 Å². The van der Waals surface area contributed by atoms with Gasteiger partial charge in [-0.05, 0) is 24.0 Å². The number of tetrazole rings is 1. The van der Waals surface area contributed by atoms with Crippen molar-refractivity contribution in [3.63, 3.8) is 0 Å². The van der Waals surface area contributed by atoms with E-state index < -0.39 is 16.8 Å². The minimum Gasteiger partial charge on any atom is -0.507 e. The van der Waals surface area contributed by atoms with Crippen molar-refractivity contribution in [2.75, 3.05) is 0 Å². The molecule has 0 spiro atoms. The summed E-state index contributed by atoms with van der Waals surface area (Å²) in [5, 5.41) is 34.0. The molecule has 2 aromatic rings. The molecule has 0 unspecified atom stereocenters. The van der Waals surface area contributed by atoms with Gasteiger partial charge in [-0.25, -0.2) is 5.43 Å². The van der Waals surface area contributed by atoms with E-state index in [1.807, 2.05) is 0 Å². The number of aromatic hydroxyl groups is 1. The molecule has 1 amide bonds. The lowest BCUT2D eigenvalue weighted by atomic mass is 10.2. The number of amides is 1. The van der Waals surface area contributed by atoms with Crippen LogP contribution in [0.5, 0.6) is 5.75 Å². The molecular weight excluding hydrogens is 294 g/mol. The van der Waals surface area contributed by atoms with Crippen LogP contribution in [0.15, 0.2) is 29.4 Å². The Morgan fingerprint density at radius 1 is 1.50 bits per heavy atom. The Morgan fingerprint density at radius 3 is 2.86 bits per heavy atom. The zero-order chi connectivity index (χ0) is 16.1. The molecule has 2 rings (SSSR count). The Bertz CT molecular complexity index is 740. The summed E-state index contributed by atoms with van der Waals surface area (Å²) >= 11 is 0. The zero-order valence-corrected chi connectivity index (χ0v) is 11.4. The van der Waals surface area contributed by atoms with E-state index in [1.54, 1.807) is 19.1 Å². The highest BCUT2D eigenvalue weighted by atomic mass is 16.6. The van der Waals surface area contributed by atoms with Gasteiger partial charge in [0.2, 0.25) is 0 Å². The van der Waals surface area contributed by atoms with E-state index in [1.165, 1.54) is 12.1 Å². The number of hydrogen-bond donors (Lipinski definition) is 2. The van der Waals surface area contributed by atoms with Gasteiger partial charge in [0, 0.05) is 5.21 Å². The Labute approximate surface area is 123 Å². The molecular formula is C11H11N7O4. The number of nitrogens with zero attached hydrogens (tertiary/aromatic N) is 6. The predicted octanol–water partition coefficient (Wildman–Crippen LogP) is 0.0928. The Hall–Kier alpha value is -3.37. The van der Waals surface area contributed by atoms with Crippen LogP contribution >= 0.6 is 0 Å². The standard InChI is InChI=1S/C11H11N7O4/c1-7(6-17-15-11(14-16-17)18(21)22)12-13-10(20)8-4-2-3-5-9(8)19/h2-5,19H,6H2,1H3,(H,13,20)/b12-7-. The third kappa shape index (κ3) is 3.59. The molecule has 1 aromatic carbocycles. The van der Waals surface area contributed by atoms with Gasteiger partial charge >= 0.3 is 5.95 Å². The number of rotatable bonds is 5. The van der Waals surface area contributed by atoms with E-state index in [2.05, 4.69) is 25.9 Å². The lowest BCUT2D eigenvalue weighted by Crippen LogP contribution is -2.21. The molecule has 0 aliphatic carbocycles. The van der Waals surface area contributed by atoms with Crippen molar-refractivity contribution in [3.05, 3.63) is 39.9 Å². The molecule has 0 aliphatic heterocycles. The summed E-state index contributed by atoms with van der Waals surface area (Å²) < 4.78 is 0. The average Bonchev–Trinajstić information content (AvgIpc) is 2.94. The summed E-state index contributed by atoms with van der Waals surface area (Å²) in [5.41, 5.74) is 2.72. The van der Waals surface area contributed by atoms with Crippen LogP contribution in [0.25, 0.3) is 0 Å². The molecule has 1 heterocycles. The number of carbonyl (C=O) groups is 1. The smallest absolute Gasteiger partial charge is 0.507 e. The molecule has 0 aliphatic rings. The number of para-hydroxylation sites is 1. The number of hydrazone groups is 1. The van der Waals surface area contributed by atoms with Crippen molar-refractivity contribution < 1.29 is 14.8 Å². The van der Waals surface area contributed by atoms with Crippen molar-refractivity contribution in [3.8, 4) is 5.75 Å². The molecule has 0 radical (unpaired) electrons. The number of hydrogen-bond acceptors (Lipinski definition) is 8. The minimum atomic E-state index is -0.768. The molecule has 0 bridgehead atoms. The predicted molar refractivity (Wildman–Crippen MR) is 73.2 cm³/mol. The van der Waals surface area contributed by atoms with Crippen LogP contribution in [0.3, 0.4) is 0 Å². The largest absolute Gasteiger partial charge is 0.514 e. The number of aromatic nitrogens is 4. The summed E-state index contributed by atoms with van der Waals surface area (Å²) in [6.45, 7) is 1.59. The van der Waals surface area contributed by atoms with E-state index in [-0.39, 0.29) is 17.9 Å². The molecule has 0 atom stereocenters. The van der Waals surface area contributed by atoms with E-state index in [4.69, 9.17) is 0 Å². The maximum Gasteiger partial charge on any atom is 0.514 e. The van der Waals surface area contributed by atoms with Gasteiger partial charge in [0.1, 0.15) is 12.3 Å². The molecule has 22 heavy (non-hydrogen) atoms. The van der Waals surface area contributed by atoms with Gasteiger partial charge in [-0.3, -0.25) is 4.79 Å². The minimum absolute atomic E-state index is 0.0158. The summed E-state index contributed by atoms with van der Waals surface area (Å²) in [6.07, 6.45) is 0. The van der Waals surface area contributed by atoms with Crippen molar-refractivity contribution in [1.29, 1.82) is 0 Å². The van der Waals surface area contributed by atoms with Crippen LogP contribution in [0.4, 0.5) is 5.95 Å². The normalized spacial score (nSPS) is 11.2. The first-order valence-electron chi connectivity index (χ1n) is 6.01. The Balaban J connectivity index is 1.99. The fourth-order valence-corrected chi connectivity index (χ4v) is 1.49. The lowest BCUT2D eigenvalue weighted by Gasteiger charge is -2.03. The summed E-state index contributed by atoms with van der Waals surface area (Å²) in [6, 6.07) is 6.01. The van der Waals surface area contributed by atoms with Crippen molar-refractivity contribution >= 4 is 17.6 Å². The fraction of sp³-hybridized carbons (Fsp3) is 0.182. The fourth-order valence-electron chi connectivity index (χ4n) is 1.49. The molecule has 1 aromatic heterocycles. The van der Waals surface area contributed by atoms with E-state index >= 15 is 0 Å². The van der Waals surface area contributed by atoms with Crippen LogP contribution < -0.4 is 5.43 Å². The highest BCUT2D eigenvalue weighted by Gasteiger charge is 2.15. The third-order valence-corrected chi connectivity index (χ3v) is 2.47. The molecule has 2 N–H and O–H groups in total. The molecule has 11 nitrogen and oxygen atoms in total. The van der Waals surface area contributed by atoms with E-state index in [0.717, 1.165) is 4.80 Å². The number of nitro groups is 1. The zero-order valence-electron chi connectivity index (χ0n) is 11.4. The average molecular weight is 305 g/mol.